The molecule has 0 aromatic carbocycles. The first-order valence-electron chi connectivity index (χ1n) is 36.5. The fraction of sp³-hybridized carbons (Fsp3) is 0.943. The molecule has 6 atom stereocenters. The fourth-order valence-corrected chi connectivity index (χ4v) is 12.1. The summed E-state index contributed by atoms with van der Waals surface area (Å²) in [6.45, 7) is 9.48. The highest BCUT2D eigenvalue weighted by Crippen LogP contribution is 2.45. The molecule has 17 nitrogen and oxygen atoms in total. The van der Waals surface area contributed by atoms with Gasteiger partial charge in [-0.2, -0.15) is 0 Å². The Morgan fingerprint density at radius 1 is 0.326 bits per heavy atom. The van der Waals surface area contributed by atoms with Crippen LogP contribution in [-0.4, -0.2) is 96.7 Å². The van der Waals surface area contributed by atoms with Gasteiger partial charge in [0.1, 0.15) is 19.3 Å². The van der Waals surface area contributed by atoms with Gasteiger partial charge in [-0.05, 0) is 37.5 Å². The van der Waals surface area contributed by atoms with Gasteiger partial charge in [0.2, 0.25) is 0 Å². The molecule has 0 aromatic rings. The zero-order chi connectivity index (χ0) is 65.7. The van der Waals surface area contributed by atoms with E-state index >= 15 is 0 Å². The number of hydrogen-bond donors (Lipinski definition) is 3. The van der Waals surface area contributed by atoms with Crippen molar-refractivity contribution < 1.29 is 80.2 Å². The topological polar surface area (TPSA) is 237 Å². The second-order valence-corrected chi connectivity index (χ2v) is 28.9. The summed E-state index contributed by atoms with van der Waals surface area (Å²) >= 11 is 0. The smallest absolute Gasteiger partial charge is 0.462 e. The third-order valence-corrected chi connectivity index (χ3v) is 18.5. The molecule has 0 saturated carbocycles. The van der Waals surface area contributed by atoms with Crippen LogP contribution in [0.2, 0.25) is 0 Å². The van der Waals surface area contributed by atoms with Crippen LogP contribution in [0.4, 0.5) is 0 Å². The van der Waals surface area contributed by atoms with Gasteiger partial charge < -0.3 is 33.8 Å². The molecule has 0 amide bonds. The number of phosphoric ester groups is 2. The maximum Gasteiger partial charge on any atom is 0.472 e. The van der Waals surface area contributed by atoms with Crippen LogP contribution in [0.3, 0.4) is 0 Å². The number of rotatable bonds is 69. The Morgan fingerprint density at radius 2 is 0.573 bits per heavy atom. The van der Waals surface area contributed by atoms with Crippen LogP contribution in [0.1, 0.15) is 356 Å². The standard InChI is InChI=1S/C70H136O17P2/c1-7-10-12-14-15-16-17-18-19-23-26-29-35-41-47-53-68(73)81-59-66(87-69(74)54-48-42-36-30-27-24-21-20-22-25-28-33-39-44-50-62(4)5)61-85-89(78,79)83-57-64(71)56-82-88(76,77)84-60-65(58-80-67(72)52-46-38-13-11-8-2)86-70(75)55-49-43-37-32-31-34-40-45-51-63(6)9-3/h62-66,71H,7-61H2,1-6H3,(H,76,77)(H,78,79)/t63?,64-,65+,66+/m0/s1. The average molecular weight is 1310 g/mol. The van der Waals surface area contributed by atoms with Crippen molar-refractivity contribution in [2.45, 2.75) is 374 Å². The maximum absolute atomic E-state index is 13.0. The lowest BCUT2D eigenvalue weighted by Crippen LogP contribution is -2.30. The van der Waals surface area contributed by atoms with E-state index in [1.54, 1.807) is 0 Å². The van der Waals surface area contributed by atoms with Crippen molar-refractivity contribution in [1.29, 1.82) is 0 Å². The molecule has 0 aliphatic carbocycles. The molecule has 3 unspecified atom stereocenters. The highest BCUT2D eigenvalue weighted by molar-refractivity contribution is 7.47. The van der Waals surface area contributed by atoms with E-state index < -0.39 is 97.5 Å². The number of carbonyl (C=O) groups is 4. The van der Waals surface area contributed by atoms with Crippen molar-refractivity contribution in [2.24, 2.45) is 11.8 Å². The minimum Gasteiger partial charge on any atom is -0.462 e. The van der Waals surface area contributed by atoms with Gasteiger partial charge >= 0.3 is 39.5 Å². The Labute approximate surface area is 543 Å². The number of unbranched alkanes of at least 4 members (excludes halogenated alkanes) is 38. The summed E-state index contributed by atoms with van der Waals surface area (Å²) < 4.78 is 68.1. The van der Waals surface area contributed by atoms with Crippen molar-refractivity contribution >= 4 is 39.5 Å². The van der Waals surface area contributed by atoms with Gasteiger partial charge in [0.15, 0.2) is 12.2 Å². The lowest BCUT2D eigenvalue weighted by molar-refractivity contribution is -0.161. The Morgan fingerprint density at radius 3 is 0.854 bits per heavy atom. The van der Waals surface area contributed by atoms with Crippen LogP contribution in [0.15, 0.2) is 0 Å². The predicted octanol–water partition coefficient (Wildman–Crippen LogP) is 20.0. The Kier molecular flexibility index (Phi) is 60.8. The number of phosphoric acid groups is 2. The molecule has 528 valence electrons. The average Bonchev–Trinajstić information content (AvgIpc) is 3.68. The Bertz CT molecular complexity index is 1740. The summed E-state index contributed by atoms with van der Waals surface area (Å²) in [5, 5.41) is 10.6. The Balaban J connectivity index is 5.17. The largest absolute Gasteiger partial charge is 0.472 e. The number of carbonyl (C=O) groups excluding carboxylic acids is 4. The molecular weight excluding hydrogens is 1170 g/mol. The van der Waals surface area contributed by atoms with Gasteiger partial charge in [0, 0.05) is 25.7 Å². The first-order chi connectivity index (χ1) is 42.9. The molecule has 0 fully saturated rings. The molecule has 0 rings (SSSR count). The molecule has 0 aliphatic rings. The quantitative estimate of drug-likeness (QED) is 0.0222. The molecule has 0 aromatic heterocycles. The van der Waals surface area contributed by atoms with Crippen molar-refractivity contribution in [3.8, 4) is 0 Å². The van der Waals surface area contributed by atoms with Crippen molar-refractivity contribution in [2.75, 3.05) is 39.6 Å². The molecule has 0 aliphatic heterocycles. The minimum absolute atomic E-state index is 0.104. The van der Waals surface area contributed by atoms with Crippen LogP contribution in [0.25, 0.3) is 0 Å². The molecule has 89 heavy (non-hydrogen) atoms. The molecule has 0 saturated heterocycles. The van der Waals surface area contributed by atoms with E-state index in [2.05, 4.69) is 41.5 Å². The number of aliphatic hydroxyl groups is 1. The minimum atomic E-state index is -4.95. The van der Waals surface area contributed by atoms with E-state index in [0.29, 0.717) is 25.7 Å². The summed E-state index contributed by atoms with van der Waals surface area (Å²) in [7, 11) is -9.89. The maximum atomic E-state index is 13.0. The van der Waals surface area contributed by atoms with Gasteiger partial charge in [0.05, 0.1) is 26.4 Å². The lowest BCUT2D eigenvalue weighted by Gasteiger charge is -2.21. The van der Waals surface area contributed by atoms with Crippen molar-refractivity contribution in [1.82, 2.24) is 0 Å². The van der Waals surface area contributed by atoms with Crippen molar-refractivity contribution in [3.05, 3.63) is 0 Å². The van der Waals surface area contributed by atoms with Crippen LogP contribution in [-0.2, 0) is 65.4 Å². The van der Waals surface area contributed by atoms with Crippen LogP contribution < -0.4 is 0 Å². The lowest BCUT2D eigenvalue weighted by atomic mass is 9.99. The summed E-state index contributed by atoms with van der Waals surface area (Å²) in [5.41, 5.74) is 0. The zero-order valence-corrected chi connectivity index (χ0v) is 59.5. The molecule has 0 spiro atoms. The molecule has 0 heterocycles. The van der Waals surface area contributed by atoms with Gasteiger partial charge in [-0.25, -0.2) is 9.13 Å². The summed E-state index contributed by atoms with van der Waals surface area (Å²) in [6.07, 6.45) is 47.5. The van der Waals surface area contributed by atoms with Gasteiger partial charge in [-0.1, -0.05) is 305 Å². The molecular formula is C70H136O17P2. The van der Waals surface area contributed by atoms with E-state index in [1.807, 2.05) is 0 Å². The van der Waals surface area contributed by atoms with E-state index in [-0.39, 0.29) is 25.7 Å². The molecule has 0 radical (unpaired) electrons. The predicted molar refractivity (Wildman–Crippen MR) is 358 cm³/mol. The van der Waals surface area contributed by atoms with E-state index in [9.17, 15) is 43.2 Å². The van der Waals surface area contributed by atoms with Gasteiger partial charge in [0.25, 0.3) is 0 Å². The molecule has 19 heteroatoms. The highest BCUT2D eigenvalue weighted by atomic mass is 31.2. The second-order valence-electron chi connectivity index (χ2n) is 26.0. The molecule has 3 N–H and O–H groups in total. The summed E-state index contributed by atoms with van der Waals surface area (Å²) in [4.78, 5) is 72.3. The second kappa shape index (κ2) is 62.2. The summed E-state index contributed by atoms with van der Waals surface area (Å²) in [5.74, 6) is -0.570. The molecule has 0 bridgehead atoms. The summed E-state index contributed by atoms with van der Waals surface area (Å²) in [6, 6.07) is 0. The first kappa shape index (κ1) is 87.1. The van der Waals surface area contributed by atoms with Crippen LogP contribution >= 0.6 is 15.6 Å². The van der Waals surface area contributed by atoms with Gasteiger partial charge in [-0.3, -0.25) is 37.3 Å². The normalized spacial score (nSPS) is 14.4. The van der Waals surface area contributed by atoms with Gasteiger partial charge in [-0.15, -0.1) is 0 Å². The zero-order valence-electron chi connectivity index (χ0n) is 57.7. The van der Waals surface area contributed by atoms with E-state index in [0.717, 1.165) is 108 Å². The third-order valence-electron chi connectivity index (χ3n) is 16.6. The monoisotopic (exact) mass is 1310 g/mol. The number of aliphatic hydroxyl groups excluding tert-OH is 1. The first-order valence-corrected chi connectivity index (χ1v) is 39.5. The van der Waals surface area contributed by atoms with Crippen molar-refractivity contribution in [3.63, 3.8) is 0 Å². The number of hydrogen-bond acceptors (Lipinski definition) is 15. The van der Waals surface area contributed by atoms with E-state index in [4.69, 9.17) is 37.0 Å². The Hall–Kier alpha value is -1.94. The third kappa shape index (κ3) is 63.2. The number of ether oxygens (including phenoxy) is 4. The SMILES string of the molecule is CCCCCCCCCCCCCCCCCC(=O)OC[C@H](COP(=O)(O)OC[C@@H](O)COP(=O)(O)OC[C@@H](COC(=O)CCCCCCC)OC(=O)CCCCCCCCCCC(C)CC)OC(=O)CCCCCCCCCCCCCCCCC(C)C. The van der Waals surface area contributed by atoms with Crippen LogP contribution in [0.5, 0.6) is 0 Å². The van der Waals surface area contributed by atoms with Crippen LogP contribution in [0, 0.1) is 11.8 Å². The van der Waals surface area contributed by atoms with E-state index in [1.165, 1.54) is 167 Å². The fourth-order valence-electron chi connectivity index (χ4n) is 10.6. The number of esters is 4. The highest BCUT2D eigenvalue weighted by Gasteiger charge is 2.30.